The van der Waals surface area contributed by atoms with Gasteiger partial charge in [-0.2, -0.15) is 11.8 Å². The topological polar surface area (TPSA) is 82.5 Å². The number of aromatic nitrogens is 1. The van der Waals surface area contributed by atoms with Gasteiger partial charge in [-0.3, -0.25) is 0 Å². The molecule has 1 fully saturated rings. The molecule has 1 unspecified atom stereocenters. The van der Waals surface area contributed by atoms with Gasteiger partial charge in [0, 0.05) is 24.1 Å². The van der Waals surface area contributed by atoms with Gasteiger partial charge in [0.15, 0.2) is 0 Å². The smallest absolute Gasteiger partial charge is 0.347 e. The monoisotopic (exact) mass is 315 g/mol. The lowest BCUT2D eigenvalue weighted by atomic mass is 10.3. The number of carbonyl (C=O) groups is 2. The Morgan fingerprint density at radius 2 is 2.30 bits per heavy atom. The zero-order valence-electron chi connectivity index (χ0n) is 11.4. The van der Waals surface area contributed by atoms with Crippen molar-refractivity contribution in [2.75, 3.05) is 18.1 Å². The van der Waals surface area contributed by atoms with Gasteiger partial charge in [-0.05, 0) is 13.8 Å². The van der Waals surface area contributed by atoms with Crippen molar-refractivity contribution < 1.29 is 14.7 Å². The summed E-state index contributed by atoms with van der Waals surface area (Å²) < 4.78 is 0. The first-order valence-electron chi connectivity index (χ1n) is 6.31. The van der Waals surface area contributed by atoms with Crippen LogP contribution >= 0.6 is 23.1 Å². The molecule has 2 rings (SSSR count). The van der Waals surface area contributed by atoms with Gasteiger partial charge >= 0.3 is 12.0 Å². The molecule has 2 N–H and O–H groups in total. The summed E-state index contributed by atoms with van der Waals surface area (Å²) in [6.07, 6.45) is 0. The first-order chi connectivity index (χ1) is 9.49. The maximum absolute atomic E-state index is 12.1. The van der Waals surface area contributed by atoms with Gasteiger partial charge in [0.05, 0.1) is 12.2 Å². The van der Waals surface area contributed by atoms with Crippen molar-refractivity contribution >= 4 is 35.1 Å². The minimum atomic E-state index is -0.973. The van der Waals surface area contributed by atoms with E-state index < -0.39 is 5.97 Å². The SMILES string of the molecule is Cc1nc(CNC(=O)N2CCSCC2C)sc1C(=O)O. The molecule has 1 aliphatic rings. The molecule has 110 valence electrons. The standard InChI is InChI=1S/C12H17N3O3S2/c1-7-6-19-4-3-15(7)12(18)13-5-9-14-8(2)10(20-9)11(16)17/h7H,3-6H2,1-2H3,(H,13,18)(H,16,17). The van der Waals surface area contributed by atoms with Crippen LogP contribution in [0.5, 0.6) is 0 Å². The molecule has 6 nitrogen and oxygen atoms in total. The van der Waals surface area contributed by atoms with Crippen LogP contribution in [0.4, 0.5) is 4.79 Å². The molecular weight excluding hydrogens is 298 g/mol. The fraction of sp³-hybridized carbons (Fsp3) is 0.583. The maximum atomic E-state index is 12.1. The van der Waals surface area contributed by atoms with Crippen LogP contribution in [0.1, 0.15) is 27.3 Å². The van der Waals surface area contributed by atoms with E-state index in [1.54, 1.807) is 6.92 Å². The van der Waals surface area contributed by atoms with E-state index in [-0.39, 0.29) is 23.5 Å². The third-order valence-electron chi connectivity index (χ3n) is 3.05. The summed E-state index contributed by atoms with van der Waals surface area (Å²) in [6, 6.07) is 0.115. The molecule has 2 heterocycles. The highest BCUT2D eigenvalue weighted by molar-refractivity contribution is 7.99. The van der Waals surface area contributed by atoms with Crippen molar-refractivity contribution in [3.63, 3.8) is 0 Å². The van der Waals surface area contributed by atoms with Crippen LogP contribution in [0, 0.1) is 6.92 Å². The van der Waals surface area contributed by atoms with Gasteiger partial charge in [-0.15, -0.1) is 11.3 Å². The van der Waals surface area contributed by atoms with Crippen LogP contribution in [0.2, 0.25) is 0 Å². The van der Waals surface area contributed by atoms with E-state index in [1.807, 2.05) is 23.6 Å². The number of carbonyl (C=O) groups excluding carboxylic acids is 1. The average Bonchev–Trinajstić information content (AvgIpc) is 2.78. The number of amides is 2. The second-order valence-electron chi connectivity index (χ2n) is 4.60. The summed E-state index contributed by atoms with van der Waals surface area (Å²) in [5, 5.41) is 12.4. The third kappa shape index (κ3) is 3.43. The lowest BCUT2D eigenvalue weighted by Gasteiger charge is -2.32. The summed E-state index contributed by atoms with van der Waals surface area (Å²) in [7, 11) is 0. The molecule has 8 heteroatoms. The first kappa shape index (κ1) is 15.1. The number of aryl methyl sites for hydroxylation is 1. The summed E-state index contributed by atoms with van der Waals surface area (Å²) >= 11 is 2.96. The molecule has 20 heavy (non-hydrogen) atoms. The van der Waals surface area contributed by atoms with Crippen molar-refractivity contribution in [2.45, 2.75) is 26.4 Å². The number of carboxylic acids is 1. The van der Waals surface area contributed by atoms with Crippen molar-refractivity contribution in [3.05, 3.63) is 15.6 Å². The summed E-state index contributed by atoms with van der Waals surface area (Å²) in [6.45, 7) is 4.71. The summed E-state index contributed by atoms with van der Waals surface area (Å²) in [4.78, 5) is 29.2. The van der Waals surface area contributed by atoms with Crippen LogP contribution in [-0.4, -0.2) is 51.1 Å². The quantitative estimate of drug-likeness (QED) is 0.888. The van der Waals surface area contributed by atoms with E-state index in [9.17, 15) is 9.59 Å². The molecule has 0 spiro atoms. The van der Waals surface area contributed by atoms with Crippen LogP contribution in [0.25, 0.3) is 0 Å². The number of aromatic carboxylic acids is 1. The largest absolute Gasteiger partial charge is 0.477 e. The predicted molar refractivity (Wildman–Crippen MR) is 79.5 cm³/mol. The van der Waals surface area contributed by atoms with E-state index in [4.69, 9.17) is 5.11 Å². The van der Waals surface area contributed by atoms with E-state index in [2.05, 4.69) is 10.3 Å². The highest BCUT2D eigenvalue weighted by atomic mass is 32.2. The number of hydrogen-bond acceptors (Lipinski definition) is 5. The van der Waals surface area contributed by atoms with Crippen molar-refractivity contribution in [3.8, 4) is 0 Å². The van der Waals surface area contributed by atoms with Crippen LogP contribution in [-0.2, 0) is 6.54 Å². The fourth-order valence-electron chi connectivity index (χ4n) is 2.01. The number of thiazole rings is 1. The van der Waals surface area contributed by atoms with Crippen molar-refractivity contribution in [1.29, 1.82) is 0 Å². The number of thioether (sulfide) groups is 1. The number of carboxylic acid groups (broad SMARTS) is 1. The van der Waals surface area contributed by atoms with Gasteiger partial charge in [0.2, 0.25) is 0 Å². The number of nitrogens with one attached hydrogen (secondary N) is 1. The molecule has 0 radical (unpaired) electrons. The normalized spacial score (nSPS) is 18.9. The molecule has 1 aromatic rings. The lowest BCUT2D eigenvalue weighted by Crippen LogP contribution is -2.49. The highest BCUT2D eigenvalue weighted by Gasteiger charge is 2.23. The Balaban J connectivity index is 1.93. The lowest BCUT2D eigenvalue weighted by molar-refractivity contribution is 0.0701. The van der Waals surface area contributed by atoms with Gasteiger partial charge < -0.3 is 15.3 Å². The number of nitrogens with zero attached hydrogens (tertiary/aromatic N) is 2. The molecule has 1 aromatic heterocycles. The Hall–Kier alpha value is -1.28. The average molecular weight is 315 g/mol. The Labute approximate surface area is 125 Å². The number of urea groups is 1. The second kappa shape index (κ2) is 6.45. The Kier molecular flexibility index (Phi) is 4.87. The number of hydrogen-bond donors (Lipinski definition) is 2. The molecule has 0 saturated carbocycles. The molecular formula is C12H17N3O3S2. The predicted octanol–water partition coefficient (Wildman–Crippen LogP) is 1.80. The summed E-state index contributed by atoms with van der Waals surface area (Å²) in [5.74, 6) is 0.934. The Morgan fingerprint density at radius 1 is 1.55 bits per heavy atom. The number of rotatable bonds is 3. The summed E-state index contributed by atoms with van der Waals surface area (Å²) in [5.41, 5.74) is 0.495. The molecule has 2 amide bonds. The van der Waals surface area contributed by atoms with Gasteiger partial charge in [-0.1, -0.05) is 0 Å². The second-order valence-corrected chi connectivity index (χ2v) is 6.84. The van der Waals surface area contributed by atoms with E-state index in [0.717, 1.165) is 29.4 Å². The van der Waals surface area contributed by atoms with Crippen LogP contribution in [0.3, 0.4) is 0 Å². The fourth-order valence-corrected chi connectivity index (χ4v) is 3.86. The maximum Gasteiger partial charge on any atom is 0.347 e. The Bertz CT molecular complexity index is 518. The minimum absolute atomic E-state index is 0.109. The van der Waals surface area contributed by atoms with Crippen LogP contribution in [0.15, 0.2) is 0 Å². The molecule has 1 saturated heterocycles. The zero-order chi connectivity index (χ0) is 14.7. The molecule has 1 atom stereocenters. The third-order valence-corrected chi connectivity index (χ3v) is 5.39. The molecule has 0 aliphatic carbocycles. The molecule has 0 aromatic carbocycles. The van der Waals surface area contributed by atoms with Crippen LogP contribution < -0.4 is 5.32 Å². The van der Waals surface area contributed by atoms with Crippen molar-refractivity contribution in [2.24, 2.45) is 0 Å². The van der Waals surface area contributed by atoms with Gasteiger partial charge in [0.25, 0.3) is 0 Å². The highest BCUT2D eigenvalue weighted by Crippen LogP contribution is 2.19. The Morgan fingerprint density at radius 3 is 2.90 bits per heavy atom. The van der Waals surface area contributed by atoms with E-state index in [0.29, 0.717) is 10.7 Å². The minimum Gasteiger partial charge on any atom is -0.477 e. The van der Waals surface area contributed by atoms with E-state index in [1.165, 1.54) is 0 Å². The first-order valence-corrected chi connectivity index (χ1v) is 8.28. The van der Waals surface area contributed by atoms with Gasteiger partial charge in [0.1, 0.15) is 9.88 Å². The van der Waals surface area contributed by atoms with E-state index >= 15 is 0 Å². The zero-order valence-corrected chi connectivity index (χ0v) is 13.0. The molecule has 1 aliphatic heterocycles. The van der Waals surface area contributed by atoms with Crippen molar-refractivity contribution in [1.82, 2.24) is 15.2 Å². The van der Waals surface area contributed by atoms with Gasteiger partial charge in [-0.25, -0.2) is 14.6 Å². The molecule has 0 bridgehead atoms.